The van der Waals surface area contributed by atoms with Crippen LogP contribution < -0.4 is 0 Å². The Bertz CT molecular complexity index is 1680. The molecule has 0 saturated carbocycles. The van der Waals surface area contributed by atoms with E-state index in [0.29, 0.717) is 0 Å². The summed E-state index contributed by atoms with van der Waals surface area (Å²) in [5.74, 6) is 0. The predicted molar refractivity (Wildman–Crippen MR) is 136 cm³/mol. The van der Waals surface area contributed by atoms with Gasteiger partial charge in [0.25, 0.3) is 0 Å². The maximum atomic E-state index is 3.79. The topological polar surface area (TPSA) is 15.8 Å². The molecule has 1 aliphatic rings. The van der Waals surface area contributed by atoms with Crippen LogP contribution in [0.1, 0.15) is 25.0 Å². The third-order valence-corrected chi connectivity index (χ3v) is 7.38. The van der Waals surface area contributed by atoms with Crippen LogP contribution in [-0.2, 0) is 5.41 Å². The number of aromatic nitrogens is 1. The van der Waals surface area contributed by atoms with E-state index in [1.54, 1.807) is 0 Å². The maximum absolute atomic E-state index is 3.79. The molecule has 1 N–H and O–H groups in total. The molecule has 32 heavy (non-hydrogen) atoms. The molecule has 1 nitrogen and oxygen atoms in total. The van der Waals surface area contributed by atoms with Crippen molar-refractivity contribution in [2.45, 2.75) is 19.3 Å². The fraction of sp³-hybridized carbons (Fsp3) is 0.0968. The zero-order chi connectivity index (χ0) is 21.4. The minimum atomic E-state index is -0.0355. The van der Waals surface area contributed by atoms with Crippen molar-refractivity contribution in [2.24, 2.45) is 0 Å². The molecule has 7 rings (SSSR count). The van der Waals surface area contributed by atoms with Gasteiger partial charge in [-0.2, -0.15) is 0 Å². The van der Waals surface area contributed by atoms with Crippen LogP contribution in [0.2, 0.25) is 0 Å². The molecule has 152 valence electrons. The van der Waals surface area contributed by atoms with Gasteiger partial charge >= 0.3 is 0 Å². The van der Waals surface area contributed by atoms with Crippen LogP contribution in [0, 0.1) is 0 Å². The summed E-state index contributed by atoms with van der Waals surface area (Å²) < 4.78 is 0. The Kier molecular flexibility index (Phi) is 3.40. The molecule has 0 atom stereocenters. The van der Waals surface area contributed by atoms with Crippen molar-refractivity contribution < 1.29 is 0 Å². The largest absolute Gasteiger partial charge is 0.354 e. The molecule has 0 radical (unpaired) electrons. The quantitative estimate of drug-likeness (QED) is 0.280. The summed E-state index contributed by atoms with van der Waals surface area (Å²) in [6.45, 7) is 4.73. The smallest absolute Gasteiger partial charge is 0.0547 e. The minimum Gasteiger partial charge on any atom is -0.354 e. The molecule has 0 saturated heterocycles. The second kappa shape index (κ2) is 6.11. The minimum absolute atomic E-state index is 0.0355. The Labute approximate surface area is 187 Å². The summed E-state index contributed by atoms with van der Waals surface area (Å²) in [6.07, 6.45) is 0. The van der Waals surface area contributed by atoms with Gasteiger partial charge in [-0.1, -0.05) is 98.8 Å². The van der Waals surface area contributed by atoms with E-state index in [0.717, 1.165) is 0 Å². The highest BCUT2D eigenvalue weighted by atomic mass is 14.7. The third-order valence-electron chi connectivity index (χ3n) is 7.38. The van der Waals surface area contributed by atoms with Crippen molar-refractivity contribution in [1.29, 1.82) is 0 Å². The molecular formula is C31H23N. The van der Waals surface area contributed by atoms with Crippen molar-refractivity contribution in [3.63, 3.8) is 0 Å². The van der Waals surface area contributed by atoms with Crippen LogP contribution in [0.25, 0.3) is 54.8 Å². The fourth-order valence-electron chi connectivity index (χ4n) is 5.86. The Hall–Kier alpha value is -3.84. The lowest BCUT2D eigenvalue weighted by molar-refractivity contribution is 0.666. The molecule has 1 heterocycles. The first kappa shape index (κ1) is 17.8. The predicted octanol–water partition coefficient (Wildman–Crippen LogP) is 8.45. The first-order valence-electron chi connectivity index (χ1n) is 11.3. The molecule has 0 bridgehead atoms. The zero-order valence-electron chi connectivity index (χ0n) is 18.2. The lowest BCUT2D eigenvalue weighted by atomic mass is 9.80. The monoisotopic (exact) mass is 409 g/mol. The molecule has 1 aromatic heterocycles. The first-order valence-corrected chi connectivity index (χ1v) is 11.3. The lowest BCUT2D eigenvalue weighted by Crippen LogP contribution is -2.15. The maximum Gasteiger partial charge on any atom is 0.0547 e. The van der Waals surface area contributed by atoms with E-state index in [4.69, 9.17) is 0 Å². The van der Waals surface area contributed by atoms with Crippen LogP contribution in [0.3, 0.4) is 0 Å². The third kappa shape index (κ3) is 2.23. The van der Waals surface area contributed by atoms with Gasteiger partial charge in [0.15, 0.2) is 0 Å². The van der Waals surface area contributed by atoms with Gasteiger partial charge in [-0.3, -0.25) is 0 Å². The van der Waals surface area contributed by atoms with Gasteiger partial charge < -0.3 is 4.98 Å². The second-order valence-electron chi connectivity index (χ2n) is 9.50. The van der Waals surface area contributed by atoms with Gasteiger partial charge in [-0.15, -0.1) is 0 Å². The number of rotatable bonds is 1. The van der Waals surface area contributed by atoms with Gasteiger partial charge in [0.2, 0.25) is 0 Å². The van der Waals surface area contributed by atoms with Gasteiger partial charge in [-0.05, 0) is 50.9 Å². The van der Waals surface area contributed by atoms with Crippen molar-refractivity contribution in [3.05, 3.63) is 108 Å². The van der Waals surface area contributed by atoms with E-state index >= 15 is 0 Å². The Balaban J connectivity index is 1.58. The van der Waals surface area contributed by atoms with E-state index in [1.807, 2.05) is 0 Å². The Morgan fingerprint density at radius 1 is 0.625 bits per heavy atom. The molecule has 0 unspecified atom stereocenters. The number of nitrogens with one attached hydrogen (secondary N) is 1. The lowest BCUT2D eigenvalue weighted by Gasteiger charge is -2.23. The fourth-order valence-corrected chi connectivity index (χ4v) is 5.86. The van der Waals surface area contributed by atoms with Gasteiger partial charge in [0.1, 0.15) is 0 Å². The van der Waals surface area contributed by atoms with Crippen LogP contribution in [0.4, 0.5) is 0 Å². The summed E-state index contributed by atoms with van der Waals surface area (Å²) in [5, 5.41) is 5.24. The number of H-pyrrole nitrogens is 1. The van der Waals surface area contributed by atoms with Crippen LogP contribution in [0.5, 0.6) is 0 Å². The summed E-state index contributed by atoms with van der Waals surface area (Å²) in [6, 6.07) is 35.5. The highest BCUT2D eigenvalue weighted by Crippen LogP contribution is 2.52. The molecule has 1 heteroatoms. The normalized spacial score (nSPS) is 14.2. The van der Waals surface area contributed by atoms with Gasteiger partial charge in [-0.25, -0.2) is 0 Å². The van der Waals surface area contributed by atoms with Gasteiger partial charge in [0, 0.05) is 27.1 Å². The van der Waals surface area contributed by atoms with E-state index in [1.165, 1.54) is 66.0 Å². The molecule has 0 aliphatic heterocycles. The Morgan fingerprint density at radius 2 is 1.41 bits per heavy atom. The summed E-state index contributed by atoms with van der Waals surface area (Å²) in [4.78, 5) is 3.79. The number of hydrogen-bond donors (Lipinski definition) is 1. The zero-order valence-corrected chi connectivity index (χ0v) is 18.2. The van der Waals surface area contributed by atoms with E-state index in [-0.39, 0.29) is 5.41 Å². The van der Waals surface area contributed by atoms with Crippen molar-refractivity contribution in [1.82, 2.24) is 4.98 Å². The standard InChI is InChI=1S/C31H23N/c1-31(2)26-11-7-6-10-22(26)23-15-12-20-13-16-24-25-18-21(19-8-4-3-5-9-19)14-17-27(25)32-30(24)28(20)29(23)31/h3-18,32H,1-2H3. The summed E-state index contributed by atoms with van der Waals surface area (Å²) in [5.41, 5.74) is 10.5. The van der Waals surface area contributed by atoms with Crippen LogP contribution in [-0.4, -0.2) is 4.98 Å². The average Bonchev–Trinajstić information content (AvgIpc) is 3.32. The number of hydrogen-bond acceptors (Lipinski definition) is 0. The van der Waals surface area contributed by atoms with E-state index in [2.05, 4.69) is 116 Å². The molecule has 6 aromatic rings. The van der Waals surface area contributed by atoms with Crippen molar-refractivity contribution in [3.8, 4) is 22.3 Å². The van der Waals surface area contributed by atoms with E-state index in [9.17, 15) is 0 Å². The van der Waals surface area contributed by atoms with Crippen LogP contribution >= 0.6 is 0 Å². The number of benzene rings is 5. The average molecular weight is 410 g/mol. The molecule has 1 aliphatic carbocycles. The second-order valence-corrected chi connectivity index (χ2v) is 9.50. The summed E-state index contributed by atoms with van der Waals surface area (Å²) in [7, 11) is 0. The molecule has 0 amide bonds. The van der Waals surface area contributed by atoms with Gasteiger partial charge in [0.05, 0.1) is 5.52 Å². The Morgan fingerprint density at radius 3 is 2.28 bits per heavy atom. The first-order chi connectivity index (χ1) is 15.6. The molecule has 0 fully saturated rings. The van der Waals surface area contributed by atoms with Crippen molar-refractivity contribution >= 4 is 32.6 Å². The van der Waals surface area contributed by atoms with Crippen LogP contribution in [0.15, 0.2) is 97.1 Å². The molecular weight excluding hydrogens is 386 g/mol. The SMILES string of the molecule is CC1(C)c2ccccc2-c2ccc3ccc4c5cc(-c6ccccc6)ccc5[nH]c4c3c21. The summed E-state index contributed by atoms with van der Waals surface area (Å²) >= 11 is 0. The molecule has 5 aromatic carbocycles. The highest BCUT2D eigenvalue weighted by molar-refractivity contribution is 6.20. The number of fused-ring (bicyclic) bond motifs is 9. The van der Waals surface area contributed by atoms with E-state index < -0.39 is 0 Å². The highest BCUT2D eigenvalue weighted by Gasteiger charge is 2.37. The molecule has 0 spiro atoms. The number of aromatic amines is 1. The van der Waals surface area contributed by atoms with Crippen molar-refractivity contribution in [2.75, 3.05) is 0 Å².